The van der Waals surface area contributed by atoms with Gasteiger partial charge in [-0.25, -0.2) is 24.9 Å². The van der Waals surface area contributed by atoms with Gasteiger partial charge in [-0.1, -0.05) is 279 Å². The maximum Gasteiger partial charge on any atom is 0.160 e. The van der Waals surface area contributed by atoms with Crippen molar-refractivity contribution < 1.29 is 0 Å². The number of para-hydroxylation sites is 1. The van der Waals surface area contributed by atoms with Crippen LogP contribution in [0.4, 0.5) is 0 Å². The quantitative estimate of drug-likeness (QED) is 0.128. The van der Waals surface area contributed by atoms with Crippen molar-refractivity contribution in [2.75, 3.05) is 0 Å². The minimum Gasteiger partial charge on any atom is -0.256 e. The van der Waals surface area contributed by atoms with Crippen LogP contribution < -0.4 is 0 Å². The molecule has 2 aliphatic rings. The zero-order valence-electron chi connectivity index (χ0n) is 51.9. The fourth-order valence-corrected chi connectivity index (χ4v) is 14.6. The highest BCUT2D eigenvalue weighted by atomic mass is 14.9. The van der Waals surface area contributed by atoms with Crippen molar-refractivity contribution in [3.05, 3.63) is 328 Å². The van der Waals surface area contributed by atoms with Crippen molar-refractivity contribution in [1.29, 1.82) is 0 Å². The van der Waals surface area contributed by atoms with Crippen LogP contribution in [0, 0.1) is 0 Å². The van der Waals surface area contributed by atoms with Gasteiger partial charge in [-0.2, -0.15) is 0 Å². The number of benzene rings is 13. The first-order valence-corrected chi connectivity index (χ1v) is 32.5. The van der Waals surface area contributed by atoms with Gasteiger partial charge in [-0.05, 0) is 142 Å². The molecular formula is C90H54N6. The summed E-state index contributed by atoms with van der Waals surface area (Å²) in [4.78, 5) is 31.2. The van der Waals surface area contributed by atoms with E-state index in [1.165, 1.54) is 77.2 Å². The van der Waals surface area contributed by atoms with Crippen LogP contribution >= 0.6 is 0 Å². The highest BCUT2D eigenvalue weighted by Gasteiger charge is 2.25. The van der Waals surface area contributed by atoms with Gasteiger partial charge in [0.1, 0.15) is 0 Å². The zero-order chi connectivity index (χ0) is 63.2. The van der Waals surface area contributed by atoms with E-state index in [0.717, 1.165) is 112 Å². The predicted molar refractivity (Wildman–Crippen MR) is 394 cm³/mol. The third-order valence-corrected chi connectivity index (χ3v) is 19.3. The van der Waals surface area contributed by atoms with E-state index in [2.05, 4.69) is 302 Å². The van der Waals surface area contributed by atoms with Gasteiger partial charge in [0.05, 0.1) is 39.7 Å². The fourth-order valence-electron chi connectivity index (χ4n) is 14.6. The largest absolute Gasteiger partial charge is 0.256 e. The second-order valence-corrected chi connectivity index (χ2v) is 24.8. The van der Waals surface area contributed by atoms with Gasteiger partial charge in [0.2, 0.25) is 0 Å². The smallest absolute Gasteiger partial charge is 0.160 e. The van der Waals surface area contributed by atoms with E-state index >= 15 is 0 Å². The van der Waals surface area contributed by atoms with Crippen molar-refractivity contribution in [3.63, 3.8) is 0 Å². The van der Waals surface area contributed by atoms with Crippen molar-refractivity contribution in [3.8, 4) is 168 Å². The number of pyridine rings is 2. The molecule has 0 N–H and O–H groups in total. The minimum atomic E-state index is 0.638. The summed E-state index contributed by atoms with van der Waals surface area (Å²) in [5, 5.41) is 6.19. The number of hydrogen-bond acceptors (Lipinski definition) is 6. The summed E-state index contributed by atoms with van der Waals surface area (Å²) in [6.45, 7) is 0. The Kier molecular flexibility index (Phi) is 12.8. The molecule has 0 aliphatic heterocycles. The molecule has 0 unspecified atom stereocenters. The molecule has 6 nitrogen and oxygen atoms in total. The zero-order valence-corrected chi connectivity index (χ0v) is 51.9. The summed E-state index contributed by atoms with van der Waals surface area (Å²) in [5.41, 5.74) is 31.0. The summed E-state index contributed by atoms with van der Waals surface area (Å²) < 4.78 is 0. The number of aromatic nitrogens is 6. The maximum atomic E-state index is 5.38. The Morgan fingerprint density at radius 2 is 0.510 bits per heavy atom. The van der Waals surface area contributed by atoms with Crippen molar-refractivity contribution in [1.82, 2.24) is 29.9 Å². The molecule has 6 heteroatoms. The van der Waals surface area contributed by atoms with Gasteiger partial charge < -0.3 is 0 Å². The Bertz CT molecular complexity index is 5910. The monoisotopic (exact) mass is 1220 g/mol. The molecule has 19 rings (SSSR count). The van der Waals surface area contributed by atoms with Gasteiger partial charge in [0, 0.05) is 56.1 Å². The van der Waals surface area contributed by atoms with Crippen molar-refractivity contribution in [2.24, 2.45) is 0 Å². The number of hydrogen-bond donors (Lipinski definition) is 0. The van der Waals surface area contributed by atoms with E-state index < -0.39 is 0 Å². The minimum absolute atomic E-state index is 0.638. The van der Waals surface area contributed by atoms with Crippen molar-refractivity contribution in [2.45, 2.75) is 0 Å². The molecule has 0 fully saturated rings. The Morgan fingerprint density at radius 3 is 1.01 bits per heavy atom. The number of fused-ring (bicyclic) bond motifs is 7. The first-order valence-electron chi connectivity index (χ1n) is 32.5. The molecule has 2 aliphatic carbocycles. The van der Waals surface area contributed by atoms with E-state index in [4.69, 9.17) is 24.9 Å². The first-order chi connectivity index (χ1) is 47.5. The third kappa shape index (κ3) is 9.33. The summed E-state index contributed by atoms with van der Waals surface area (Å²) in [7, 11) is 0. The van der Waals surface area contributed by atoms with Crippen LogP contribution in [0.1, 0.15) is 0 Å². The van der Waals surface area contributed by atoms with Crippen LogP contribution in [0.5, 0.6) is 0 Å². The van der Waals surface area contributed by atoms with Gasteiger partial charge in [0.25, 0.3) is 0 Å². The lowest BCUT2D eigenvalue weighted by molar-refractivity contribution is 1.18. The van der Waals surface area contributed by atoms with Crippen molar-refractivity contribution >= 4 is 32.4 Å². The highest BCUT2D eigenvalue weighted by Crippen LogP contribution is 2.51. The summed E-state index contributed by atoms with van der Waals surface area (Å²) >= 11 is 0. The first kappa shape index (κ1) is 54.8. The van der Waals surface area contributed by atoms with Gasteiger partial charge in [-0.3, -0.25) is 4.98 Å². The summed E-state index contributed by atoms with van der Waals surface area (Å²) in [6.07, 6.45) is 1.83. The summed E-state index contributed by atoms with van der Waals surface area (Å²) in [6, 6.07) is 114. The molecule has 0 saturated heterocycles. The second kappa shape index (κ2) is 22.4. The molecule has 0 radical (unpaired) electrons. The lowest BCUT2D eigenvalue weighted by Gasteiger charge is -2.14. The molecule has 13 aromatic carbocycles. The normalized spacial score (nSPS) is 11.8. The van der Waals surface area contributed by atoms with Crippen LogP contribution in [0.25, 0.3) is 201 Å². The molecule has 96 heavy (non-hydrogen) atoms. The van der Waals surface area contributed by atoms with Gasteiger partial charge >= 0.3 is 0 Å². The molecular weight excluding hydrogens is 1170 g/mol. The van der Waals surface area contributed by atoms with E-state index in [1.807, 2.05) is 30.5 Å². The maximum absolute atomic E-state index is 5.38. The van der Waals surface area contributed by atoms with E-state index in [-0.39, 0.29) is 0 Å². The molecule has 17 aromatic rings. The fraction of sp³-hybridized carbons (Fsp3) is 0. The van der Waals surface area contributed by atoms with E-state index in [9.17, 15) is 0 Å². The van der Waals surface area contributed by atoms with Crippen LogP contribution in [0.15, 0.2) is 328 Å². The molecule has 4 aromatic heterocycles. The average Bonchev–Trinajstić information content (AvgIpc) is 1.58. The van der Waals surface area contributed by atoms with Crippen LogP contribution in [0.2, 0.25) is 0 Å². The lowest BCUT2D eigenvalue weighted by atomic mass is 9.94. The molecule has 0 amide bonds. The van der Waals surface area contributed by atoms with Gasteiger partial charge in [0.15, 0.2) is 11.6 Å². The molecule has 0 spiro atoms. The average molecular weight is 1220 g/mol. The SMILES string of the molecule is c1ccc(-c2cc(-c3ccc(-c4cc(-c5cccc(-c6cc(-c7ccc(-c8ccccn8)cc7)nc(-c7ccc(-c8ccc9c%10c(cccc8%10)-c8ccccc8-9)cc7)n6)c5)nc5ccccc45)cc3)nc(-c3ccc(-c4ccc5c6c(cccc46)-c4ccccc4-5)cc3)n2)cc1. The molecule has 0 atom stereocenters. The van der Waals surface area contributed by atoms with Crippen LogP contribution in [-0.2, 0) is 0 Å². The predicted octanol–water partition coefficient (Wildman–Crippen LogP) is 23.1. The standard InChI is InChI=1S/C90H54N6/c1-2-15-58(16-3-1)83-53-84(94-89(93-83)62-42-32-55(33-43-62)66-46-48-77-70-21-6-4-19-68(70)75-26-13-24-73(66)87(75)77)60-36-30-57(31-37-60)79-52-82(92-81-29-9-8-23-72(79)81)64-17-12-18-65(51-64)86-54-85(61-40-38-59(39-41-61)80-28-10-11-50-91-80)95-90(96-86)63-44-34-56(35-45-63)67-47-49-78-71-22-7-5-20-69(71)76-27-14-25-74(67)88(76)78/h1-54H. The number of rotatable bonds is 11. The molecule has 444 valence electrons. The highest BCUT2D eigenvalue weighted by molar-refractivity contribution is 6.20. The Labute approximate surface area is 555 Å². The van der Waals surface area contributed by atoms with Crippen LogP contribution in [-0.4, -0.2) is 29.9 Å². The third-order valence-electron chi connectivity index (χ3n) is 19.3. The molecule has 4 heterocycles. The number of nitrogens with zero attached hydrogens (tertiary/aromatic N) is 6. The Hall–Kier alpha value is -12.9. The van der Waals surface area contributed by atoms with E-state index in [0.29, 0.717) is 11.6 Å². The molecule has 0 saturated carbocycles. The van der Waals surface area contributed by atoms with Gasteiger partial charge in [-0.15, -0.1) is 0 Å². The van der Waals surface area contributed by atoms with Crippen LogP contribution in [0.3, 0.4) is 0 Å². The van der Waals surface area contributed by atoms with E-state index in [1.54, 1.807) is 0 Å². The lowest BCUT2D eigenvalue weighted by Crippen LogP contribution is -1.97. The topological polar surface area (TPSA) is 77.3 Å². The molecule has 0 bridgehead atoms. The second-order valence-electron chi connectivity index (χ2n) is 24.8. The summed E-state index contributed by atoms with van der Waals surface area (Å²) in [5.74, 6) is 1.30. The Balaban J connectivity index is 0.658. The Morgan fingerprint density at radius 1 is 0.167 bits per heavy atom.